The summed E-state index contributed by atoms with van der Waals surface area (Å²) < 4.78 is 11.1. The molecule has 1 N–H and O–H groups in total. The number of carbonyl (C=O) groups is 1. The molecule has 0 aliphatic carbocycles. The molecule has 25 heavy (non-hydrogen) atoms. The van der Waals surface area contributed by atoms with Gasteiger partial charge in [0, 0.05) is 56.5 Å². The topological polar surface area (TPSA) is 93.4 Å². The number of amides is 1. The van der Waals surface area contributed by atoms with Crippen LogP contribution in [0.4, 0.5) is 0 Å². The first-order valence-electron chi connectivity index (χ1n) is 8.49. The lowest BCUT2D eigenvalue weighted by molar-refractivity contribution is 0.0899. The molecular formula is C17H21N5O3. The van der Waals surface area contributed by atoms with E-state index in [1.165, 1.54) is 12.4 Å². The summed E-state index contributed by atoms with van der Waals surface area (Å²) in [6, 6.07) is 1.97. The van der Waals surface area contributed by atoms with Gasteiger partial charge in [-0.15, -0.1) is 0 Å². The fraction of sp³-hybridized carbons (Fsp3) is 0.529. The second kappa shape index (κ2) is 6.89. The molecule has 0 saturated carbocycles. The van der Waals surface area contributed by atoms with Crippen LogP contribution < -0.4 is 5.32 Å². The van der Waals surface area contributed by atoms with E-state index in [0.717, 1.165) is 31.1 Å². The van der Waals surface area contributed by atoms with Crippen LogP contribution in [0.5, 0.6) is 0 Å². The molecule has 2 aromatic rings. The lowest BCUT2D eigenvalue weighted by Gasteiger charge is -2.19. The number of hydrogen-bond donors (Lipinski definition) is 1. The van der Waals surface area contributed by atoms with Crippen molar-refractivity contribution in [2.45, 2.75) is 19.6 Å². The van der Waals surface area contributed by atoms with Crippen molar-refractivity contribution in [3.05, 3.63) is 41.8 Å². The lowest BCUT2D eigenvalue weighted by atomic mass is 9.93. The Morgan fingerprint density at radius 3 is 3.08 bits per heavy atom. The molecule has 2 saturated heterocycles. The first kappa shape index (κ1) is 16.2. The summed E-state index contributed by atoms with van der Waals surface area (Å²) in [5, 5.41) is 7.01. The maximum absolute atomic E-state index is 12.1. The molecule has 2 fully saturated rings. The number of ether oxygens (including phenoxy) is 1. The van der Waals surface area contributed by atoms with Gasteiger partial charge >= 0.3 is 0 Å². The predicted octanol–water partition coefficient (Wildman–Crippen LogP) is 0.650. The van der Waals surface area contributed by atoms with Gasteiger partial charge in [0.2, 0.25) is 0 Å². The standard InChI is InChI=1S/C17H21N5O3/c1-11-4-13(21-25-11)7-22-8-14-12(10-24-16(14)9-22)5-20-17(23)15-6-18-2-3-19-15/h2-4,6,12,14,16H,5,7-10H2,1H3,(H,20,23)/t12-,14-,16-/m0/s1. The number of hydrogen-bond acceptors (Lipinski definition) is 7. The van der Waals surface area contributed by atoms with Gasteiger partial charge in [-0.25, -0.2) is 4.98 Å². The van der Waals surface area contributed by atoms with Gasteiger partial charge in [-0.05, 0) is 6.92 Å². The molecule has 8 heteroatoms. The highest BCUT2D eigenvalue weighted by Gasteiger charge is 2.43. The third-order valence-electron chi connectivity index (χ3n) is 4.90. The maximum Gasteiger partial charge on any atom is 0.271 e. The highest BCUT2D eigenvalue weighted by Crippen LogP contribution is 2.34. The number of aryl methyl sites for hydroxylation is 1. The van der Waals surface area contributed by atoms with E-state index in [4.69, 9.17) is 9.26 Å². The summed E-state index contributed by atoms with van der Waals surface area (Å²) in [4.78, 5) is 22.4. The minimum Gasteiger partial charge on any atom is -0.376 e. The zero-order valence-corrected chi connectivity index (χ0v) is 14.1. The quantitative estimate of drug-likeness (QED) is 0.852. The smallest absolute Gasteiger partial charge is 0.271 e. The van der Waals surface area contributed by atoms with Crippen molar-refractivity contribution in [3.8, 4) is 0 Å². The van der Waals surface area contributed by atoms with Crippen molar-refractivity contribution in [2.24, 2.45) is 11.8 Å². The fourth-order valence-electron chi connectivity index (χ4n) is 3.67. The molecule has 2 aliphatic rings. The molecule has 4 heterocycles. The predicted molar refractivity (Wildman–Crippen MR) is 87.6 cm³/mol. The first-order valence-corrected chi connectivity index (χ1v) is 8.49. The van der Waals surface area contributed by atoms with Gasteiger partial charge in [-0.2, -0.15) is 0 Å². The largest absolute Gasteiger partial charge is 0.376 e. The van der Waals surface area contributed by atoms with Gasteiger partial charge in [0.15, 0.2) is 0 Å². The lowest BCUT2D eigenvalue weighted by Crippen LogP contribution is -2.34. The minimum atomic E-state index is -0.190. The van der Waals surface area contributed by atoms with Crippen molar-refractivity contribution in [2.75, 3.05) is 26.2 Å². The van der Waals surface area contributed by atoms with Crippen LogP contribution in [0.25, 0.3) is 0 Å². The van der Waals surface area contributed by atoms with Crippen molar-refractivity contribution in [1.82, 2.24) is 25.3 Å². The summed E-state index contributed by atoms with van der Waals surface area (Å²) >= 11 is 0. The number of carbonyl (C=O) groups excluding carboxylic acids is 1. The number of likely N-dealkylation sites (tertiary alicyclic amines) is 1. The molecule has 1 amide bonds. The Kier molecular flexibility index (Phi) is 4.46. The highest BCUT2D eigenvalue weighted by atomic mass is 16.5. The Morgan fingerprint density at radius 1 is 1.40 bits per heavy atom. The van der Waals surface area contributed by atoms with Gasteiger partial charge in [0.25, 0.3) is 5.91 Å². The van der Waals surface area contributed by atoms with E-state index in [-0.39, 0.29) is 12.0 Å². The monoisotopic (exact) mass is 343 g/mol. The molecule has 2 aromatic heterocycles. The molecule has 4 rings (SSSR count). The highest BCUT2D eigenvalue weighted by molar-refractivity contribution is 5.91. The molecule has 0 aromatic carbocycles. The molecule has 8 nitrogen and oxygen atoms in total. The Labute approximate surface area is 145 Å². The van der Waals surface area contributed by atoms with E-state index < -0.39 is 0 Å². The average Bonchev–Trinajstić information content (AvgIpc) is 3.30. The molecule has 0 spiro atoms. The summed E-state index contributed by atoms with van der Waals surface area (Å²) in [5.74, 6) is 1.38. The summed E-state index contributed by atoms with van der Waals surface area (Å²) in [5.41, 5.74) is 1.29. The third-order valence-corrected chi connectivity index (χ3v) is 4.90. The zero-order chi connectivity index (χ0) is 17.2. The van der Waals surface area contributed by atoms with Crippen LogP contribution in [-0.4, -0.2) is 58.3 Å². The molecule has 0 radical (unpaired) electrons. The van der Waals surface area contributed by atoms with Crippen molar-refractivity contribution in [3.63, 3.8) is 0 Å². The van der Waals surface area contributed by atoms with Gasteiger partial charge < -0.3 is 14.6 Å². The third kappa shape index (κ3) is 3.54. The number of nitrogens with one attached hydrogen (secondary N) is 1. The van der Waals surface area contributed by atoms with E-state index in [0.29, 0.717) is 30.7 Å². The molecule has 0 unspecified atom stereocenters. The van der Waals surface area contributed by atoms with Crippen LogP contribution >= 0.6 is 0 Å². The van der Waals surface area contributed by atoms with Crippen LogP contribution in [-0.2, 0) is 11.3 Å². The van der Waals surface area contributed by atoms with Gasteiger partial charge in [-0.3, -0.25) is 14.7 Å². The van der Waals surface area contributed by atoms with Gasteiger partial charge in [0.05, 0.1) is 24.6 Å². The Balaban J connectivity index is 1.30. The van der Waals surface area contributed by atoms with E-state index in [1.54, 1.807) is 6.20 Å². The van der Waals surface area contributed by atoms with E-state index in [9.17, 15) is 4.79 Å². The molecule has 3 atom stereocenters. The zero-order valence-electron chi connectivity index (χ0n) is 14.1. The fourth-order valence-corrected chi connectivity index (χ4v) is 3.67. The maximum atomic E-state index is 12.1. The van der Waals surface area contributed by atoms with Gasteiger partial charge in [-0.1, -0.05) is 5.16 Å². The summed E-state index contributed by atoms with van der Waals surface area (Å²) in [6.45, 7) is 5.79. The molecule has 132 valence electrons. The summed E-state index contributed by atoms with van der Waals surface area (Å²) in [6.07, 6.45) is 4.77. The minimum absolute atomic E-state index is 0.190. The normalized spacial score (nSPS) is 25.9. The van der Waals surface area contributed by atoms with Crippen LogP contribution in [0, 0.1) is 18.8 Å². The number of nitrogens with zero attached hydrogens (tertiary/aromatic N) is 4. The number of aromatic nitrogens is 3. The first-order chi connectivity index (χ1) is 12.2. The Morgan fingerprint density at radius 2 is 2.32 bits per heavy atom. The molecular weight excluding hydrogens is 322 g/mol. The van der Waals surface area contributed by atoms with Crippen LogP contribution in [0.15, 0.2) is 29.2 Å². The van der Waals surface area contributed by atoms with E-state index >= 15 is 0 Å². The Hall–Kier alpha value is -2.32. The van der Waals surface area contributed by atoms with Crippen molar-refractivity contribution < 1.29 is 14.1 Å². The Bertz CT molecular complexity index is 735. The molecule has 0 bridgehead atoms. The van der Waals surface area contributed by atoms with Crippen LogP contribution in [0.1, 0.15) is 21.9 Å². The number of rotatable bonds is 5. The van der Waals surface area contributed by atoms with Crippen LogP contribution in [0.3, 0.4) is 0 Å². The number of fused-ring (bicyclic) bond motifs is 1. The molecule has 2 aliphatic heterocycles. The second-order valence-electron chi connectivity index (χ2n) is 6.72. The van der Waals surface area contributed by atoms with Crippen LogP contribution in [0.2, 0.25) is 0 Å². The van der Waals surface area contributed by atoms with E-state index in [1.807, 2.05) is 13.0 Å². The summed E-state index contributed by atoms with van der Waals surface area (Å²) in [7, 11) is 0. The van der Waals surface area contributed by atoms with Crippen molar-refractivity contribution >= 4 is 5.91 Å². The van der Waals surface area contributed by atoms with Gasteiger partial charge in [0.1, 0.15) is 11.5 Å². The van der Waals surface area contributed by atoms with Crippen molar-refractivity contribution in [1.29, 1.82) is 0 Å². The van der Waals surface area contributed by atoms with E-state index in [2.05, 4.69) is 25.3 Å². The second-order valence-corrected chi connectivity index (χ2v) is 6.72. The SMILES string of the molecule is Cc1cc(CN2C[C@H]3[C@@H](CNC(=O)c4cnccn4)CO[C@H]3C2)no1. The average molecular weight is 343 g/mol.